The molecule has 1 aromatic rings. The third kappa shape index (κ3) is 5.36. The number of nitrogens with two attached hydrogens (primary N) is 1. The van der Waals surface area contributed by atoms with Gasteiger partial charge in [0.1, 0.15) is 0 Å². The molecule has 116 valence electrons. The molecule has 3 unspecified atom stereocenters. The van der Waals surface area contributed by atoms with Gasteiger partial charge in [-0.15, -0.1) is 0 Å². The molecule has 21 heavy (non-hydrogen) atoms. The second-order valence-corrected chi connectivity index (χ2v) is 7.00. The van der Waals surface area contributed by atoms with Gasteiger partial charge in [-0.05, 0) is 43.9 Å². The Kier molecular flexibility index (Phi) is 6.58. The van der Waals surface area contributed by atoms with Crippen molar-refractivity contribution in [3.05, 3.63) is 35.9 Å². The minimum Gasteiger partial charge on any atom is -0.352 e. The lowest BCUT2D eigenvalue weighted by atomic mass is 9.94. The minimum absolute atomic E-state index is 0.0117. The number of amides is 1. The fourth-order valence-corrected chi connectivity index (χ4v) is 3.72. The highest BCUT2D eigenvalue weighted by Crippen LogP contribution is 2.26. The van der Waals surface area contributed by atoms with E-state index in [1.165, 1.54) is 18.4 Å². The van der Waals surface area contributed by atoms with Crippen LogP contribution in [0.15, 0.2) is 30.3 Å². The third-order valence-corrected chi connectivity index (χ3v) is 5.32. The van der Waals surface area contributed by atoms with Gasteiger partial charge in [-0.3, -0.25) is 4.79 Å². The normalized spacial score (nSPS) is 23.5. The highest BCUT2D eigenvalue weighted by Gasteiger charge is 2.24. The largest absolute Gasteiger partial charge is 0.352 e. The van der Waals surface area contributed by atoms with Crippen LogP contribution in [0.4, 0.5) is 0 Å². The van der Waals surface area contributed by atoms with E-state index in [-0.39, 0.29) is 5.91 Å². The summed E-state index contributed by atoms with van der Waals surface area (Å²) in [4.78, 5) is 12.2. The molecule has 0 spiro atoms. The molecule has 0 saturated heterocycles. The number of carbonyl (C=O) groups excluding carboxylic acids is 1. The first-order valence-electron chi connectivity index (χ1n) is 7.81. The van der Waals surface area contributed by atoms with Gasteiger partial charge in [0.25, 0.3) is 0 Å². The van der Waals surface area contributed by atoms with E-state index < -0.39 is 6.04 Å². The summed E-state index contributed by atoms with van der Waals surface area (Å²) in [6.07, 6.45) is 8.36. The third-order valence-electron chi connectivity index (χ3n) is 4.23. The van der Waals surface area contributed by atoms with Crippen molar-refractivity contribution in [1.29, 1.82) is 0 Å². The lowest BCUT2D eigenvalue weighted by Gasteiger charge is -2.29. The highest BCUT2D eigenvalue weighted by molar-refractivity contribution is 7.99. The van der Waals surface area contributed by atoms with E-state index in [4.69, 9.17) is 5.73 Å². The summed E-state index contributed by atoms with van der Waals surface area (Å²) in [5.74, 6) is 0.0117. The number of carbonyl (C=O) groups is 1. The Morgan fingerprint density at radius 2 is 2.14 bits per heavy atom. The van der Waals surface area contributed by atoms with Gasteiger partial charge in [0.2, 0.25) is 5.91 Å². The number of aryl methyl sites for hydroxylation is 1. The maximum Gasteiger partial charge on any atom is 0.237 e. The Hall–Kier alpha value is -1.00. The van der Waals surface area contributed by atoms with Crippen LogP contribution in [0.3, 0.4) is 0 Å². The van der Waals surface area contributed by atoms with E-state index in [2.05, 4.69) is 23.7 Å². The van der Waals surface area contributed by atoms with Crippen molar-refractivity contribution in [1.82, 2.24) is 5.32 Å². The van der Waals surface area contributed by atoms with E-state index in [0.717, 1.165) is 19.3 Å². The van der Waals surface area contributed by atoms with Gasteiger partial charge in [0.15, 0.2) is 0 Å². The average Bonchev–Trinajstić information content (AvgIpc) is 2.53. The molecule has 3 atom stereocenters. The molecule has 0 radical (unpaired) electrons. The number of rotatable bonds is 6. The minimum atomic E-state index is -0.403. The molecule has 1 aliphatic carbocycles. The van der Waals surface area contributed by atoms with Crippen LogP contribution in [-0.4, -0.2) is 29.5 Å². The van der Waals surface area contributed by atoms with Crippen molar-refractivity contribution in [2.45, 2.75) is 55.9 Å². The number of nitrogens with one attached hydrogen (secondary N) is 1. The smallest absolute Gasteiger partial charge is 0.237 e. The van der Waals surface area contributed by atoms with E-state index in [1.807, 2.05) is 30.0 Å². The summed E-state index contributed by atoms with van der Waals surface area (Å²) in [6.45, 7) is 0. The number of benzene rings is 1. The van der Waals surface area contributed by atoms with Crippen LogP contribution in [0.5, 0.6) is 0 Å². The van der Waals surface area contributed by atoms with Crippen molar-refractivity contribution in [3.8, 4) is 0 Å². The van der Waals surface area contributed by atoms with Crippen LogP contribution < -0.4 is 11.1 Å². The lowest BCUT2D eigenvalue weighted by molar-refractivity contribution is -0.123. The van der Waals surface area contributed by atoms with E-state index in [0.29, 0.717) is 17.7 Å². The Labute approximate surface area is 132 Å². The Balaban J connectivity index is 1.74. The summed E-state index contributed by atoms with van der Waals surface area (Å²) >= 11 is 1.91. The second kappa shape index (κ2) is 8.44. The van der Waals surface area contributed by atoms with Gasteiger partial charge in [0, 0.05) is 11.3 Å². The Bertz CT molecular complexity index is 438. The van der Waals surface area contributed by atoms with Crippen LogP contribution >= 0.6 is 11.8 Å². The zero-order chi connectivity index (χ0) is 15.1. The molecule has 1 aliphatic rings. The predicted octanol–water partition coefficient (Wildman–Crippen LogP) is 2.74. The first-order chi connectivity index (χ1) is 10.2. The molecular formula is C17H26N2OS. The van der Waals surface area contributed by atoms with Gasteiger partial charge in [-0.25, -0.2) is 0 Å². The summed E-state index contributed by atoms with van der Waals surface area (Å²) in [6, 6.07) is 10.1. The molecule has 1 fully saturated rings. The molecule has 1 aromatic carbocycles. The van der Waals surface area contributed by atoms with Crippen LogP contribution in [0.2, 0.25) is 0 Å². The molecule has 1 amide bonds. The topological polar surface area (TPSA) is 55.1 Å². The Morgan fingerprint density at radius 3 is 2.86 bits per heavy atom. The molecular weight excluding hydrogens is 280 g/mol. The van der Waals surface area contributed by atoms with E-state index in [9.17, 15) is 4.79 Å². The number of hydrogen-bond donors (Lipinski definition) is 2. The molecule has 1 saturated carbocycles. The van der Waals surface area contributed by atoms with E-state index >= 15 is 0 Å². The van der Waals surface area contributed by atoms with Crippen molar-refractivity contribution in [2.75, 3.05) is 6.26 Å². The lowest BCUT2D eigenvalue weighted by Crippen LogP contribution is -2.47. The monoisotopic (exact) mass is 306 g/mol. The maximum absolute atomic E-state index is 12.2. The fourth-order valence-electron chi connectivity index (χ4n) is 2.90. The summed E-state index contributed by atoms with van der Waals surface area (Å²) in [7, 11) is 0. The van der Waals surface area contributed by atoms with Crippen molar-refractivity contribution < 1.29 is 4.79 Å². The first-order valence-corrected chi connectivity index (χ1v) is 9.10. The molecule has 2 rings (SSSR count). The highest BCUT2D eigenvalue weighted by atomic mass is 32.2. The quantitative estimate of drug-likeness (QED) is 0.849. The average molecular weight is 306 g/mol. The van der Waals surface area contributed by atoms with Crippen LogP contribution in [0.25, 0.3) is 0 Å². The van der Waals surface area contributed by atoms with Gasteiger partial charge in [0.05, 0.1) is 6.04 Å². The van der Waals surface area contributed by atoms with Gasteiger partial charge in [-0.1, -0.05) is 36.8 Å². The molecule has 0 bridgehead atoms. The SMILES string of the molecule is CSC1CCCC(NC(=O)C(N)CCc2ccccc2)C1. The van der Waals surface area contributed by atoms with Gasteiger partial charge < -0.3 is 11.1 Å². The summed E-state index contributed by atoms with van der Waals surface area (Å²) < 4.78 is 0. The second-order valence-electron chi connectivity index (χ2n) is 5.86. The van der Waals surface area contributed by atoms with E-state index in [1.54, 1.807) is 0 Å². The molecule has 3 nitrogen and oxygen atoms in total. The summed E-state index contributed by atoms with van der Waals surface area (Å²) in [5, 5.41) is 3.83. The standard InChI is InChI=1S/C17H26N2OS/c1-21-15-9-5-8-14(12-15)19-17(20)16(18)11-10-13-6-3-2-4-7-13/h2-4,6-7,14-16H,5,8-12,18H2,1H3,(H,19,20). The van der Waals surface area contributed by atoms with Crippen molar-refractivity contribution in [3.63, 3.8) is 0 Å². The van der Waals surface area contributed by atoms with Crippen molar-refractivity contribution >= 4 is 17.7 Å². The van der Waals surface area contributed by atoms with Gasteiger partial charge >= 0.3 is 0 Å². The number of hydrogen-bond acceptors (Lipinski definition) is 3. The molecule has 4 heteroatoms. The zero-order valence-electron chi connectivity index (χ0n) is 12.8. The van der Waals surface area contributed by atoms with Crippen LogP contribution in [0.1, 0.15) is 37.7 Å². The zero-order valence-corrected chi connectivity index (χ0v) is 13.6. The molecule has 0 heterocycles. The predicted molar refractivity (Wildman–Crippen MR) is 90.4 cm³/mol. The van der Waals surface area contributed by atoms with Gasteiger partial charge in [-0.2, -0.15) is 11.8 Å². The fraction of sp³-hybridized carbons (Fsp3) is 0.588. The number of thioether (sulfide) groups is 1. The first kappa shape index (κ1) is 16.4. The molecule has 0 aromatic heterocycles. The van der Waals surface area contributed by atoms with Crippen LogP contribution in [0, 0.1) is 0 Å². The summed E-state index contributed by atoms with van der Waals surface area (Å²) in [5.41, 5.74) is 7.27. The molecule has 3 N–H and O–H groups in total. The maximum atomic E-state index is 12.2. The molecule has 0 aliphatic heterocycles. The van der Waals surface area contributed by atoms with Crippen LogP contribution in [-0.2, 0) is 11.2 Å². The Morgan fingerprint density at radius 1 is 1.38 bits per heavy atom. The van der Waals surface area contributed by atoms with Crippen molar-refractivity contribution in [2.24, 2.45) is 5.73 Å².